The highest BCUT2D eigenvalue weighted by molar-refractivity contribution is 8.23. The van der Waals surface area contributed by atoms with Crippen LogP contribution in [0.15, 0.2) is 0 Å². The van der Waals surface area contributed by atoms with E-state index in [1.807, 2.05) is 6.92 Å². The third kappa shape index (κ3) is 5.99. The van der Waals surface area contributed by atoms with E-state index in [2.05, 4.69) is 0 Å². The van der Waals surface area contributed by atoms with Crippen LogP contribution in [0.25, 0.3) is 0 Å². The van der Waals surface area contributed by atoms with Crippen molar-refractivity contribution in [3.63, 3.8) is 0 Å². The summed E-state index contributed by atoms with van der Waals surface area (Å²) in [4.78, 5) is 10.4. The van der Waals surface area contributed by atoms with Crippen LogP contribution in [0.2, 0.25) is 0 Å². The normalized spacial score (nSPS) is 9.11. The monoisotopic (exact) mass is 162 g/mol. The molecule has 0 N–H and O–H groups in total. The van der Waals surface area contributed by atoms with Gasteiger partial charge in [0, 0.05) is 6.42 Å². The van der Waals surface area contributed by atoms with E-state index in [1.54, 1.807) is 18.7 Å². The van der Waals surface area contributed by atoms with Gasteiger partial charge in [0.2, 0.25) is 0 Å². The summed E-state index contributed by atoms with van der Waals surface area (Å²) in [6, 6.07) is 0. The number of Topliss-reactive ketones (excluding diaryl/α,β-unsaturated/α-hetero) is 1. The van der Waals surface area contributed by atoms with Crippen molar-refractivity contribution in [1.82, 2.24) is 0 Å². The molecule has 0 radical (unpaired) electrons. The predicted octanol–water partition coefficient (Wildman–Crippen LogP) is 2.05. The van der Waals surface area contributed by atoms with Crippen molar-refractivity contribution in [2.45, 2.75) is 20.3 Å². The fourth-order valence-electron chi connectivity index (χ4n) is 0.415. The van der Waals surface area contributed by atoms with Gasteiger partial charge >= 0.3 is 0 Å². The molecule has 0 aromatic carbocycles. The lowest BCUT2D eigenvalue weighted by atomic mass is 10.4. The molecule has 1 nitrogen and oxygen atoms in total. The third-order valence-electron chi connectivity index (χ3n) is 0.699. The Morgan fingerprint density at radius 2 is 2.22 bits per heavy atom. The van der Waals surface area contributed by atoms with Crippen LogP contribution in [0.5, 0.6) is 0 Å². The molecule has 9 heavy (non-hydrogen) atoms. The highest BCUT2D eigenvalue weighted by Gasteiger charge is 1.98. The lowest BCUT2D eigenvalue weighted by Crippen LogP contribution is -1.97. The zero-order valence-electron chi connectivity index (χ0n) is 5.64. The van der Waals surface area contributed by atoms with Crippen LogP contribution in [0.3, 0.4) is 0 Å². The zero-order chi connectivity index (χ0) is 7.28. The van der Waals surface area contributed by atoms with Crippen molar-refractivity contribution in [3.8, 4) is 0 Å². The molecule has 0 spiro atoms. The summed E-state index contributed by atoms with van der Waals surface area (Å²) in [6.45, 7) is 3.58. The molecule has 0 fully saturated rings. The summed E-state index contributed by atoms with van der Waals surface area (Å²) in [6.07, 6.45) is 0.452. The third-order valence-corrected chi connectivity index (χ3v) is 1.95. The second kappa shape index (κ2) is 4.94. The number of carbonyl (C=O) groups excluding carboxylic acids is 1. The highest BCUT2D eigenvalue weighted by atomic mass is 32.2. The molecule has 0 aromatic heterocycles. The molecule has 0 aliphatic rings. The predicted molar refractivity (Wildman–Crippen MR) is 46.0 cm³/mol. The molecule has 0 amide bonds. The number of rotatable bonds is 3. The van der Waals surface area contributed by atoms with E-state index in [4.69, 9.17) is 12.2 Å². The first-order chi connectivity index (χ1) is 4.16. The second-order valence-corrected chi connectivity index (χ2v) is 3.79. The molecule has 0 aliphatic carbocycles. The average molecular weight is 162 g/mol. The van der Waals surface area contributed by atoms with Gasteiger partial charge < -0.3 is 0 Å². The van der Waals surface area contributed by atoms with E-state index in [0.29, 0.717) is 6.42 Å². The molecule has 3 heteroatoms. The second-order valence-electron chi connectivity index (χ2n) is 1.68. The van der Waals surface area contributed by atoms with E-state index in [0.717, 1.165) is 9.95 Å². The van der Waals surface area contributed by atoms with Crippen LogP contribution in [0.4, 0.5) is 0 Å². The summed E-state index contributed by atoms with van der Waals surface area (Å²) in [5, 5.41) is 0. The standard InChI is InChI=1S/C6H10OS2/c1-3-9-6(8)4-5(2)7/h3-4H2,1-2H3. The minimum atomic E-state index is 0.154. The summed E-state index contributed by atoms with van der Waals surface area (Å²) in [7, 11) is 0. The molecule has 0 aliphatic heterocycles. The van der Waals surface area contributed by atoms with Gasteiger partial charge in [-0.3, -0.25) is 4.79 Å². The Labute approximate surface area is 65.2 Å². The molecular formula is C6H10OS2. The van der Waals surface area contributed by atoms with Crippen molar-refractivity contribution in [3.05, 3.63) is 0 Å². The lowest BCUT2D eigenvalue weighted by Gasteiger charge is -1.94. The van der Waals surface area contributed by atoms with Gasteiger partial charge in [-0.1, -0.05) is 19.1 Å². The van der Waals surface area contributed by atoms with Gasteiger partial charge in [-0.25, -0.2) is 0 Å². The van der Waals surface area contributed by atoms with Gasteiger partial charge in [0.15, 0.2) is 0 Å². The number of hydrogen-bond acceptors (Lipinski definition) is 3. The first-order valence-corrected chi connectivity index (χ1v) is 4.21. The van der Waals surface area contributed by atoms with Crippen LogP contribution in [-0.4, -0.2) is 15.7 Å². The van der Waals surface area contributed by atoms with Gasteiger partial charge in [0.1, 0.15) is 5.78 Å². The topological polar surface area (TPSA) is 17.1 Å². The SMILES string of the molecule is CCSC(=S)CC(C)=O. The quantitative estimate of drug-likeness (QED) is 0.591. The minimum absolute atomic E-state index is 0.154. The number of thiocarbonyl (C=S) groups is 1. The minimum Gasteiger partial charge on any atom is -0.300 e. The summed E-state index contributed by atoms with van der Waals surface area (Å²) in [5.41, 5.74) is 0. The van der Waals surface area contributed by atoms with Crippen LogP contribution in [0.1, 0.15) is 20.3 Å². The van der Waals surface area contributed by atoms with Crippen molar-refractivity contribution in [2.24, 2.45) is 0 Å². The molecule has 0 saturated carbocycles. The largest absolute Gasteiger partial charge is 0.300 e. The van der Waals surface area contributed by atoms with Gasteiger partial charge in [0.25, 0.3) is 0 Å². The van der Waals surface area contributed by atoms with Gasteiger partial charge in [-0.15, -0.1) is 11.8 Å². The maximum atomic E-state index is 10.4. The van der Waals surface area contributed by atoms with Crippen molar-refractivity contribution >= 4 is 34.0 Å². The van der Waals surface area contributed by atoms with E-state index >= 15 is 0 Å². The van der Waals surface area contributed by atoms with Crippen LogP contribution in [-0.2, 0) is 4.79 Å². The van der Waals surface area contributed by atoms with Crippen LogP contribution in [0, 0.1) is 0 Å². The van der Waals surface area contributed by atoms with Gasteiger partial charge in [0.05, 0.1) is 4.20 Å². The zero-order valence-corrected chi connectivity index (χ0v) is 7.27. The average Bonchev–Trinajstić information content (AvgIpc) is 1.63. The molecule has 0 bridgehead atoms. The first-order valence-electron chi connectivity index (χ1n) is 2.82. The molecule has 0 unspecified atom stereocenters. The Balaban J connectivity index is 3.39. The smallest absolute Gasteiger partial charge is 0.135 e. The highest BCUT2D eigenvalue weighted by Crippen LogP contribution is 2.06. The van der Waals surface area contributed by atoms with Crippen LogP contribution < -0.4 is 0 Å². The van der Waals surface area contributed by atoms with E-state index in [9.17, 15) is 4.79 Å². The molecule has 52 valence electrons. The molecule has 0 heterocycles. The van der Waals surface area contributed by atoms with E-state index in [1.165, 1.54) is 0 Å². The van der Waals surface area contributed by atoms with Crippen molar-refractivity contribution < 1.29 is 4.79 Å². The Hall–Kier alpha value is 0.110. The number of thioether (sulfide) groups is 1. The summed E-state index contributed by atoms with van der Waals surface area (Å²) >= 11 is 6.44. The Kier molecular flexibility index (Phi) is 5.00. The molecule has 0 atom stereocenters. The molecule has 0 rings (SSSR count). The van der Waals surface area contributed by atoms with Crippen molar-refractivity contribution in [1.29, 1.82) is 0 Å². The summed E-state index contributed by atoms with van der Waals surface area (Å²) < 4.78 is 0.810. The van der Waals surface area contributed by atoms with E-state index in [-0.39, 0.29) is 5.78 Å². The fraction of sp³-hybridized carbons (Fsp3) is 0.667. The molecule has 0 aromatic rings. The van der Waals surface area contributed by atoms with Crippen molar-refractivity contribution in [2.75, 3.05) is 5.75 Å². The first kappa shape index (κ1) is 9.11. The van der Waals surface area contributed by atoms with E-state index < -0.39 is 0 Å². The number of ketones is 1. The van der Waals surface area contributed by atoms with Crippen LogP contribution >= 0.6 is 24.0 Å². The molecule has 0 saturated heterocycles. The Morgan fingerprint density at radius 3 is 2.56 bits per heavy atom. The fourth-order valence-corrected chi connectivity index (χ4v) is 1.60. The number of carbonyl (C=O) groups is 1. The lowest BCUT2D eigenvalue weighted by molar-refractivity contribution is -0.115. The Bertz CT molecular complexity index is 120. The molecular weight excluding hydrogens is 152 g/mol. The summed E-state index contributed by atoms with van der Waals surface area (Å²) in [5.74, 6) is 1.12. The van der Waals surface area contributed by atoms with Gasteiger partial charge in [-0.05, 0) is 12.7 Å². The van der Waals surface area contributed by atoms with Gasteiger partial charge in [-0.2, -0.15) is 0 Å². The maximum Gasteiger partial charge on any atom is 0.135 e. The maximum absolute atomic E-state index is 10.4. The Morgan fingerprint density at radius 1 is 1.67 bits per heavy atom. The number of hydrogen-bond donors (Lipinski definition) is 0.